The Labute approximate surface area is 117 Å². The highest BCUT2D eigenvalue weighted by Gasteiger charge is 2.25. The van der Waals surface area contributed by atoms with Crippen LogP contribution in [0.2, 0.25) is 0 Å². The van der Waals surface area contributed by atoms with Crippen molar-refractivity contribution in [1.29, 1.82) is 0 Å². The van der Waals surface area contributed by atoms with Gasteiger partial charge < -0.3 is 15.3 Å². The Morgan fingerprint density at radius 2 is 2.32 bits per heavy atom. The van der Waals surface area contributed by atoms with Crippen molar-refractivity contribution < 1.29 is 9.90 Å². The fourth-order valence-corrected chi connectivity index (χ4v) is 3.02. The first kappa shape index (κ1) is 14.4. The lowest BCUT2D eigenvalue weighted by Gasteiger charge is -2.30. The first-order valence-corrected chi connectivity index (χ1v) is 7.63. The van der Waals surface area contributed by atoms with Gasteiger partial charge in [-0.3, -0.25) is 4.79 Å². The second-order valence-corrected chi connectivity index (χ2v) is 5.83. The Balaban J connectivity index is 1.76. The summed E-state index contributed by atoms with van der Waals surface area (Å²) in [5.41, 5.74) is 0.944. The third-order valence-corrected chi connectivity index (χ3v) is 4.32. The number of hydrogen-bond donors (Lipinski definition) is 2. The van der Waals surface area contributed by atoms with E-state index in [2.05, 4.69) is 15.2 Å². The maximum Gasteiger partial charge on any atom is 0.229 e. The maximum absolute atomic E-state index is 12.1. The predicted octanol–water partition coefficient (Wildman–Crippen LogP) is 1.48. The van der Waals surface area contributed by atoms with Crippen LogP contribution >= 0.6 is 11.3 Å². The van der Waals surface area contributed by atoms with Gasteiger partial charge in [-0.2, -0.15) is 0 Å². The van der Waals surface area contributed by atoms with Gasteiger partial charge in [-0.15, -0.1) is 11.3 Å². The van der Waals surface area contributed by atoms with E-state index >= 15 is 0 Å². The molecule has 1 saturated heterocycles. The summed E-state index contributed by atoms with van der Waals surface area (Å²) in [6.07, 6.45) is 2.60. The van der Waals surface area contributed by atoms with E-state index in [9.17, 15) is 4.79 Å². The summed E-state index contributed by atoms with van der Waals surface area (Å²) in [6, 6.07) is 0. The quantitative estimate of drug-likeness (QED) is 0.859. The van der Waals surface area contributed by atoms with E-state index in [0.717, 1.165) is 44.6 Å². The van der Waals surface area contributed by atoms with Gasteiger partial charge in [0.15, 0.2) is 5.13 Å². The average molecular weight is 283 g/mol. The van der Waals surface area contributed by atoms with Gasteiger partial charge in [0, 0.05) is 24.4 Å². The van der Waals surface area contributed by atoms with Gasteiger partial charge in [0.2, 0.25) is 5.91 Å². The number of amides is 1. The van der Waals surface area contributed by atoms with Crippen LogP contribution in [0.3, 0.4) is 0 Å². The van der Waals surface area contributed by atoms with Crippen molar-refractivity contribution >= 4 is 22.4 Å². The lowest BCUT2D eigenvalue weighted by Crippen LogP contribution is -2.38. The lowest BCUT2D eigenvalue weighted by atomic mass is 9.96. The summed E-state index contributed by atoms with van der Waals surface area (Å²) in [5.74, 6) is 0.186. The van der Waals surface area contributed by atoms with Crippen molar-refractivity contribution in [2.75, 3.05) is 31.6 Å². The third kappa shape index (κ3) is 4.26. The monoisotopic (exact) mass is 283 g/mol. The van der Waals surface area contributed by atoms with Crippen molar-refractivity contribution in [2.24, 2.45) is 5.92 Å². The van der Waals surface area contributed by atoms with E-state index in [4.69, 9.17) is 5.11 Å². The molecular weight excluding hydrogens is 262 g/mol. The van der Waals surface area contributed by atoms with Gasteiger partial charge in [0.05, 0.1) is 5.69 Å². The summed E-state index contributed by atoms with van der Waals surface area (Å²) in [4.78, 5) is 18.7. The molecule has 2 heterocycles. The van der Waals surface area contributed by atoms with Crippen LogP contribution in [0.1, 0.15) is 25.0 Å². The Bertz CT molecular complexity index is 414. The molecule has 2 rings (SSSR count). The Hall–Kier alpha value is -0.980. The molecular formula is C13H21N3O2S. The fourth-order valence-electron chi connectivity index (χ4n) is 2.33. The zero-order valence-electron chi connectivity index (χ0n) is 11.3. The molecule has 0 aliphatic carbocycles. The highest BCUT2D eigenvalue weighted by atomic mass is 32.1. The number of piperidine rings is 1. The summed E-state index contributed by atoms with van der Waals surface area (Å²) in [5, 5.41) is 14.3. The van der Waals surface area contributed by atoms with Gasteiger partial charge in [-0.25, -0.2) is 4.98 Å². The number of aliphatic hydroxyl groups is 1. The number of carbonyl (C=O) groups is 1. The van der Waals surface area contributed by atoms with E-state index in [0.29, 0.717) is 5.13 Å². The molecule has 0 spiro atoms. The number of carbonyl (C=O) groups excluding carboxylic acids is 1. The smallest absolute Gasteiger partial charge is 0.229 e. The largest absolute Gasteiger partial charge is 0.396 e. The van der Waals surface area contributed by atoms with E-state index in [1.54, 1.807) is 0 Å². The number of nitrogens with one attached hydrogen (secondary N) is 1. The van der Waals surface area contributed by atoms with Crippen molar-refractivity contribution in [1.82, 2.24) is 9.88 Å². The molecule has 1 fully saturated rings. The van der Waals surface area contributed by atoms with Crippen LogP contribution in [0, 0.1) is 12.8 Å². The molecule has 0 unspecified atom stereocenters. The molecule has 0 aromatic carbocycles. The van der Waals surface area contributed by atoms with Crippen molar-refractivity contribution in [3.8, 4) is 0 Å². The molecule has 106 valence electrons. The summed E-state index contributed by atoms with van der Waals surface area (Å²) < 4.78 is 0. The Kier molecular flexibility index (Phi) is 5.30. The van der Waals surface area contributed by atoms with Crippen LogP contribution in [0.5, 0.6) is 0 Å². The van der Waals surface area contributed by atoms with Gasteiger partial charge >= 0.3 is 0 Å². The minimum absolute atomic E-state index is 0.0922. The SMILES string of the molecule is Cc1csc(NC(=O)C2CCN(CCCO)CC2)n1. The number of hydrogen-bond acceptors (Lipinski definition) is 5. The third-order valence-electron chi connectivity index (χ3n) is 3.44. The van der Waals surface area contributed by atoms with Crippen LogP contribution in [0.4, 0.5) is 5.13 Å². The zero-order chi connectivity index (χ0) is 13.7. The average Bonchev–Trinajstić information content (AvgIpc) is 2.82. The van der Waals surface area contributed by atoms with Gasteiger partial charge in [0.25, 0.3) is 0 Å². The number of likely N-dealkylation sites (tertiary alicyclic amines) is 1. The first-order chi connectivity index (χ1) is 9.19. The van der Waals surface area contributed by atoms with Crippen LogP contribution < -0.4 is 5.32 Å². The molecule has 6 heteroatoms. The number of aromatic nitrogens is 1. The Morgan fingerprint density at radius 1 is 1.58 bits per heavy atom. The van der Waals surface area contributed by atoms with E-state index < -0.39 is 0 Å². The number of anilines is 1. The first-order valence-electron chi connectivity index (χ1n) is 6.75. The lowest BCUT2D eigenvalue weighted by molar-refractivity contribution is -0.121. The maximum atomic E-state index is 12.1. The topological polar surface area (TPSA) is 65.5 Å². The van der Waals surface area contributed by atoms with E-state index in [1.807, 2.05) is 12.3 Å². The Morgan fingerprint density at radius 3 is 2.89 bits per heavy atom. The highest BCUT2D eigenvalue weighted by Crippen LogP contribution is 2.21. The molecule has 1 aliphatic heterocycles. The number of rotatable bonds is 5. The van der Waals surface area contributed by atoms with Gasteiger partial charge in [-0.1, -0.05) is 0 Å². The zero-order valence-corrected chi connectivity index (χ0v) is 12.1. The molecule has 2 N–H and O–H groups in total. The molecule has 1 aliphatic rings. The number of aryl methyl sites for hydroxylation is 1. The number of aliphatic hydroxyl groups excluding tert-OH is 1. The fraction of sp³-hybridized carbons (Fsp3) is 0.692. The molecule has 1 aromatic rings. The molecule has 1 aromatic heterocycles. The van der Waals surface area contributed by atoms with Crippen LogP contribution in [-0.2, 0) is 4.79 Å². The second-order valence-electron chi connectivity index (χ2n) is 4.98. The van der Waals surface area contributed by atoms with Crippen LogP contribution in [0.15, 0.2) is 5.38 Å². The molecule has 1 amide bonds. The van der Waals surface area contributed by atoms with Crippen LogP contribution in [0.25, 0.3) is 0 Å². The van der Waals surface area contributed by atoms with Crippen molar-refractivity contribution in [3.05, 3.63) is 11.1 Å². The molecule has 19 heavy (non-hydrogen) atoms. The minimum Gasteiger partial charge on any atom is -0.396 e. The molecule has 0 bridgehead atoms. The molecule has 0 saturated carbocycles. The normalized spacial score (nSPS) is 17.6. The molecule has 0 atom stereocenters. The summed E-state index contributed by atoms with van der Waals surface area (Å²) >= 11 is 1.47. The standard InChI is InChI=1S/C13H21N3O2S/c1-10-9-19-13(14-10)15-12(18)11-3-6-16(7-4-11)5-2-8-17/h9,11,17H,2-8H2,1H3,(H,14,15,18). The van der Waals surface area contributed by atoms with E-state index in [1.165, 1.54) is 11.3 Å². The molecule has 0 radical (unpaired) electrons. The van der Waals surface area contributed by atoms with Crippen molar-refractivity contribution in [3.63, 3.8) is 0 Å². The molecule has 5 nitrogen and oxygen atoms in total. The van der Waals surface area contributed by atoms with Crippen LogP contribution in [-0.4, -0.2) is 47.1 Å². The van der Waals surface area contributed by atoms with Crippen molar-refractivity contribution in [2.45, 2.75) is 26.2 Å². The minimum atomic E-state index is 0.0922. The summed E-state index contributed by atoms with van der Waals surface area (Å²) in [6.45, 7) is 4.97. The second kappa shape index (κ2) is 6.98. The summed E-state index contributed by atoms with van der Waals surface area (Å²) in [7, 11) is 0. The van der Waals surface area contributed by atoms with Gasteiger partial charge in [-0.05, 0) is 39.3 Å². The van der Waals surface area contributed by atoms with Gasteiger partial charge in [0.1, 0.15) is 0 Å². The highest BCUT2D eigenvalue weighted by molar-refractivity contribution is 7.13. The van der Waals surface area contributed by atoms with E-state index in [-0.39, 0.29) is 18.4 Å². The predicted molar refractivity (Wildman–Crippen MR) is 76.3 cm³/mol. The number of thiazole rings is 1. The number of nitrogens with zero attached hydrogens (tertiary/aromatic N) is 2.